The molecule has 0 radical (unpaired) electrons. The number of imide groups is 1. The number of carbonyl (C=O) groups is 2. The highest BCUT2D eigenvalue weighted by atomic mass is 35.5. The monoisotopic (exact) mass is 590 g/mol. The molecule has 0 saturated carbocycles. The van der Waals surface area contributed by atoms with Crippen molar-refractivity contribution in [1.29, 1.82) is 0 Å². The van der Waals surface area contributed by atoms with Gasteiger partial charge in [-0.25, -0.2) is 16.8 Å². The molecule has 1 aliphatic heterocycles. The SMILES string of the molecule is O=C1c2ccccc2C(=O)N1Cc1noc(C(F)C2Cc3c(n(S(=O)(=O)c4ccccc4)c4ccc(Cl)cc34)C2)n1. The average molecular weight is 591 g/mol. The summed E-state index contributed by atoms with van der Waals surface area (Å²) in [7, 11) is -3.99. The van der Waals surface area contributed by atoms with Crippen LogP contribution < -0.4 is 0 Å². The molecule has 1 aliphatic carbocycles. The van der Waals surface area contributed by atoms with Crippen molar-refractivity contribution in [2.24, 2.45) is 5.92 Å². The maximum absolute atomic E-state index is 15.9. The van der Waals surface area contributed by atoms with E-state index in [0.717, 1.165) is 4.90 Å². The lowest BCUT2D eigenvalue weighted by Gasteiger charge is -2.15. The Labute approximate surface area is 238 Å². The van der Waals surface area contributed by atoms with Crippen molar-refractivity contribution in [2.45, 2.75) is 30.5 Å². The number of aromatic nitrogens is 3. The van der Waals surface area contributed by atoms with Crippen molar-refractivity contribution in [3.63, 3.8) is 0 Å². The van der Waals surface area contributed by atoms with Crippen LogP contribution in [-0.2, 0) is 29.4 Å². The average Bonchev–Trinajstić information content (AvgIpc) is 3.74. The van der Waals surface area contributed by atoms with Gasteiger partial charge < -0.3 is 4.52 Å². The Kier molecular flexibility index (Phi) is 5.84. The van der Waals surface area contributed by atoms with Crippen LogP contribution in [0.25, 0.3) is 10.9 Å². The Hall–Kier alpha value is -4.35. The summed E-state index contributed by atoms with van der Waals surface area (Å²) >= 11 is 6.26. The third-order valence-electron chi connectivity index (χ3n) is 7.61. The molecule has 2 aliphatic rings. The van der Waals surface area contributed by atoms with E-state index in [1.807, 2.05) is 0 Å². The fourth-order valence-corrected chi connectivity index (χ4v) is 7.49. The third kappa shape index (κ3) is 3.98. The molecule has 41 heavy (non-hydrogen) atoms. The van der Waals surface area contributed by atoms with E-state index in [1.54, 1.807) is 60.7 Å². The molecular formula is C29H20ClFN4O5S. The first-order valence-corrected chi connectivity index (χ1v) is 14.6. The van der Waals surface area contributed by atoms with E-state index in [9.17, 15) is 18.0 Å². The molecule has 0 N–H and O–H groups in total. The summed E-state index contributed by atoms with van der Waals surface area (Å²) in [4.78, 5) is 30.6. The van der Waals surface area contributed by atoms with Crippen molar-refractivity contribution < 1.29 is 26.9 Å². The van der Waals surface area contributed by atoms with Gasteiger partial charge >= 0.3 is 0 Å². The van der Waals surface area contributed by atoms with E-state index >= 15 is 4.39 Å². The van der Waals surface area contributed by atoms with Crippen molar-refractivity contribution in [1.82, 2.24) is 19.0 Å². The number of rotatable bonds is 6. The highest BCUT2D eigenvalue weighted by Crippen LogP contribution is 2.43. The van der Waals surface area contributed by atoms with Gasteiger partial charge in [-0.05, 0) is 60.9 Å². The van der Waals surface area contributed by atoms with Crippen LogP contribution in [0.1, 0.15) is 49.9 Å². The van der Waals surface area contributed by atoms with Crippen LogP contribution in [0.5, 0.6) is 0 Å². The van der Waals surface area contributed by atoms with Crippen LogP contribution in [-0.4, -0.2) is 39.2 Å². The number of halogens is 2. The molecule has 3 aromatic carbocycles. The normalized spacial score (nSPS) is 17.3. The van der Waals surface area contributed by atoms with Crippen molar-refractivity contribution in [2.75, 3.05) is 0 Å². The van der Waals surface area contributed by atoms with E-state index < -0.39 is 33.9 Å². The first-order valence-electron chi connectivity index (χ1n) is 12.8. The van der Waals surface area contributed by atoms with E-state index in [4.69, 9.17) is 16.1 Å². The van der Waals surface area contributed by atoms with Gasteiger partial charge in [-0.3, -0.25) is 14.5 Å². The summed E-state index contributed by atoms with van der Waals surface area (Å²) in [6.45, 7) is -0.267. The largest absolute Gasteiger partial charge is 0.336 e. The third-order valence-corrected chi connectivity index (χ3v) is 9.61. The molecule has 2 atom stereocenters. The van der Waals surface area contributed by atoms with Gasteiger partial charge in [0.25, 0.3) is 27.7 Å². The zero-order valence-electron chi connectivity index (χ0n) is 21.2. The van der Waals surface area contributed by atoms with Crippen molar-refractivity contribution in [3.8, 4) is 0 Å². The van der Waals surface area contributed by atoms with E-state index in [2.05, 4.69) is 10.1 Å². The second-order valence-electron chi connectivity index (χ2n) is 10.0. The molecular weight excluding hydrogens is 571 g/mol. The quantitative estimate of drug-likeness (QED) is 0.252. The zero-order valence-corrected chi connectivity index (χ0v) is 22.8. The predicted molar refractivity (Wildman–Crippen MR) is 146 cm³/mol. The highest BCUT2D eigenvalue weighted by Gasteiger charge is 2.40. The molecule has 7 rings (SSSR count). The summed E-state index contributed by atoms with van der Waals surface area (Å²) in [6, 6.07) is 19.5. The van der Waals surface area contributed by atoms with Crippen LogP contribution in [0.15, 0.2) is 82.2 Å². The number of alkyl halides is 1. The number of hydrogen-bond acceptors (Lipinski definition) is 7. The number of hydrogen-bond donors (Lipinski definition) is 0. The lowest BCUT2D eigenvalue weighted by atomic mass is 9.99. The Morgan fingerprint density at radius 3 is 2.37 bits per heavy atom. The lowest BCUT2D eigenvalue weighted by Crippen LogP contribution is -2.29. The van der Waals surface area contributed by atoms with Crippen LogP contribution in [0.4, 0.5) is 4.39 Å². The second-order valence-corrected chi connectivity index (χ2v) is 12.3. The van der Waals surface area contributed by atoms with Gasteiger partial charge in [0.15, 0.2) is 12.0 Å². The van der Waals surface area contributed by atoms with Gasteiger partial charge in [0.2, 0.25) is 0 Å². The first-order chi connectivity index (χ1) is 19.7. The van der Waals surface area contributed by atoms with Gasteiger partial charge in [-0.15, -0.1) is 0 Å². The number of nitrogens with zero attached hydrogens (tertiary/aromatic N) is 4. The molecule has 0 saturated heterocycles. The summed E-state index contributed by atoms with van der Waals surface area (Å²) in [5.74, 6) is -1.97. The predicted octanol–water partition coefficient (Wildman–Crippen LogP) is 5.14. The van der Waals surface area contributed by atoms with Gasteiger partial charge in [0, 0.05) is 22.0 Å². The van der Waals surface area contributed by atoms with Gasteiger partial charge in [-0.2, -0.15) is 4.98 Å². The fourth-order valence-electron chi connectivity index (χ4n) is 5.72. The summed E-state index contributed by atoms with van der Waals surface area (Å²) in [6.07, 6.45) is -1.39. The van der Waals surface area contributed by atoms with Crippen molar-refractivity contribution in [3.05, 3.63) is 112 Å². The number of amides is 2. The van der Waals surface area contributed by atoms with Crippen LogP contribution >= 0.6 is 11.6 Å². The second kappa shape index (κ2) is 9.35. The van der Waals surface area contributed by atoms with Gasteiger partial charge in [-0.1, -0.05) is 47.1 Å². The molecule has 0 bridgehead atoms. The summed E-state index contributed by atoms with van der Waals surface area (Å²) < 4.78 is 49.8. The number of benzene rings is 3. The molecule has 0 spiro atoms. The molecule has 2 aromatic heterocycles. The fraction of sp³-hybridized carbons (Fsp3) is 0.172. The topological polar surface area (TPSA) is 115 Å². The van der Waals surface area contributed by atoms with Crippen molar-refractivity contribution >= 4 is 44.3 Å². The van der Waals surface area contributed by atoms with Crippen LogP contribution in [0, 0.1) is 5.92 Å². The molecule has 3 heterocycles. The van der Waals surface area contributed by atoms with Gasteiger partial charge in [0.05, 0.1) is 28.1 Å². The molecule has 2 unspecified atom stereocenters. The summed E-state index contributed by atoms with van der Waals surface area (Å²) in [5.41, 5.74) is 2.21. The number of carbonyl (C=O) groups excluding carboxylic acids is 2. The molecule has 206 valence electrons. The Bertz CT molecular complexity index is 1950. The standard InChI is InChI=1S/C29H20ClFN4O5S/c30-17-10-11-23-22(14-17)21-12-16(13-24(21)35(23)41(38,39)18-6-2-1-3-7-18)26(31)27-32-25(33-40-27)15-34-28(36)19-8-4-5-9-20(19)29(34)37/h1-11,14,16,26H,12-13,15H2. The molecule has 9 nitrogen and oxygen atoms in total. The maximum Gasteiger partial charge on any atom is 0.268 e. The minimum atomic E-state index is -3.99. The number of fused-ring (bicyclic) bond motifs is 4. The molecule has 12 heteroatoms. The van der Waals surface area contributed by atoms with Crippen LogP contribution in [0.3, 0.4) is 0 Å². The lowest BCUT2D eigenvalue weighted by molar-refractivity contribution is 0.0637. The minimum Gasteiger partial charge on any atom is -0.336 e. The Balaban J connectivity index is 1.18. The Morgan fingerprint density at radius 1 is 0.976 bits per heavy atom. The summed E-state index contributed by atoms with van der Waals surface area (Å²) in [5, 5.41) is 4.88. The molecule has 2 amide bonds. The molecule has 0 fully saturated rings. The van der Waals surface area contributed by atoms with Gasteiger partial charge in [0.1, 0.15) is 0 Å². The molecule has 5 aromatic rings. The maximum atomic E-state index is 15.9. The minimum absolute atomic E-state index is 0.0129. The first kappa shape index (κ1) is 25.6. The smallest absolute Gasteiger partial charge is 0.268 e. The van der Waals surface area contributed by atoms with Crippen LogP contribution in [0.2, 0.25) is 5.02 Å². The zero-order chi connectivity index (χ0) is 28.5. The highest BCUT2D eigenvalue weighted by molar-refractivity contribution is 7.90. The van der Waals surface area contributed by atoms with E-state index in [0.29, 0.717) is 27.2 Å². The van der Waals surface area contributed by atoms with E-state index in [-0.39, 0.29) is 47.1 Å². The van der Waals surface area contributed by atoms with E-state index in [1.165, 1.54) is 16.1 Å². The Morgan fingerprint density at radius 2 is 1.66 bits per heavy atom.